The minimum absolute atomic E-state index is 0.105. The normalized spacial score (nSPS) is 9.77. The summed E-state index contributed by atoms with van der Waals surface area (Å²) in [5, 5.41) is 13.1. The molecule has 4 N–H and O–H groups in total. The first-order valence-electron chi connectivity index (χ1n) is 7.82. The number of ether oxygens (including phenoxy) is 2. The zero-order valence-corrected chi connectivity index (χ0v) is 14.6. The van der Waals surface area contributed by atoms with Gasteiger partial charge in [-0.05, 0) is 41.8 Å². The first-order chi connectivity index (χ1) is 12.5. The van der Waals surface area contributed by atoms with Crippen LogP contribution in [0.1, 0.15) is 0 Å². The number of nitrogens with zero attached hydrogens (tertiary/aromatic N) is 1. The number of nitrogen functional groups attached to an aromatic ring is 1. The molecule has 0 fully saturated rings. The molecule has 1 aromatic heterocycles. The van der Waals surface area contributed by atoms with Gasteiger partial charge in [-0.1, -0.05) is 12.1 Å². The Morgan fingerprint density at radius 3 is 2.35 bits per heavy atom. The molecule has 0 bridgehead atoms. The Bertz CT molecular complexity index is 861. The van der Waals surface area contributed by atoms with Crippen LogP contribution >= 0.6 is 0 Å². The third kappa shape index (κ3) is 5.01. The van der Waals surface area contributed by atoms with Gasteiger partial charge in [0.2, 0.25) is 0 Å². The van der Waals surface area contributed by atoms with Gasteiger partial charge in [0.05, 0.1) is 14.2 Å². The Balaban J connectivity index is 0.000000209. The molecule has 26 heavy (non-hydrogen) atoms. The van der Waals surface area contributed by atoms with Crippen LogP contribution in [0.15, 0.2) is 54.7 Å². The Morgan fingerprint density at radius 2 is 1.77 bits per heavy atom. The Kier molecular flexibility index (Phi) is 6.61. The van der Waals surface area contributed by atoms with Crippen LogP contribution in [0.5, 0.6) is 11.5 Å². The predicted octanol–water partition coefficient (Wildman–Crippen LogP) is 3.02. The summed E-state index contributed by atoms with van der Waals surface area (Å²) < 4.78 is 10.0. The van der Waals surface area contributed by atoms with E-state index in [4.69, 9.17) is 20.3 Å². The van der Waals surface area contributed by atoms with E-state index >= 15 is 0 Å². The van der Waals surface area contributed by atoms with Gasteiger partial charge in [-0.25, -0.2) is 4.98 Å². The molecule has 0 atom stereocenters. The van der Waals surface area contributed by atoms with Gasteiger partial charge in [0.1, 0.15) is 12.4 Å². The number of para-hydroxylation sites is 2. The standard InChI is InChI=1S/C11H11N3O2.C8H10O2/c12-11-9-2-1-8(14-6-10(15)16)5-7(9)3-4-13-11;1-9-7-5-3-4-6-8(7)10-2/h1-5,14H,6H2,(H2,12,13)(H,15,16);3-6H,1-2H3. The Morgan fingerprint density at radius 1 is 1.12 bits per heavy atom. The summed E-state index contributed by atoms with van der Waals surface area (Å²) in [5.41, 5.74) is 6.45. The topological polar surface area (TPSA) is 107 Å². The molecule has 3 aromatic rings. The van der Waals surface area contributed by atoms with E-state index in [-0.39, 0.29) is 6.54 Å². The number of carboxylic acid groups (broad SMARTS) is 1. The number of benzene rings is 2. The zero-order chi connectivity index (χ0) is 18.9. The van der Waals surface area contributed by atoms with Crippen molar-refractivity contribution < 1.29 is 19.4 Å². The van der Waals surface area contributed by atoms with Gasteiger partial charge in [0, 0.05) is 17.3 Å². The second kappa shape index (κ2) is 9.12. The van der Waals surface area contributed by atoms with Crippen LogP contribution in [0.4, 0.5) is 11.5 Å². The number of nitrogens with two attached hydrogens (primary N) is 1. The van der Waals surface area contributed by atoms with Crippen LogP contribution < -0.4 is 20.5 Å². The van der Waals surface area contributed by atoms with E-state index in [2.05, 4.69) is 10.3 Å². The summed E-state index contributed by atoms with van der Waals surface area (Å²) in [7, 11) is 3.25. The summed E-state index contributed by atoms with van der Waals surface area (Å²) in [6, 6.07) is 14.8. The maximum absolute atomic E-state index is 10.4. The molecule has 1 heterocycles. The molecule has 0 saturated carbocycles. The molecule has 0 saturated heterocycles. The molecule has 0 aliphatic carbocycles. The average Bonchev–Trinajstić information content (AvgIpc) is 2.67. The number of nitrogens with one attached hydrogen (secondary N) is 1. The van der Waals surface area contributed by atoms with Gasteiger partial charge >= 0.3 is 5.97 Å². The monoisotopic (exact) mass is 355 g/mol. The predicted molar refractivity (Wildman–Crippen MR) is 102 cm³/mol. The van der Waals surface area contributed by atoms with Crippen molar-refractivity contribution in [2.24, 2.45) is 0 Å². The van der Waals surface area contributed by atoms with Crippen LogP contribution in [0.25, 0.3) is 10.8 Å². The highest BCUT2D eigenvalue weighted by Crippen LogP contribution is 2.24. The van der Waals surface area contributed by atoms with E-state index in [1.165, 1.54) is 0 Å². The lowest BCUT2D eigenvalue weighted by molar-refractivity contribution is -0.134. The second-order valence-corrected chi connectivity index (χ2v) is 5.23. The molecule has 0 aliphatic rings. The minimum Gasteiger partial charge on any atom is -0.493 e. The van der Waals surface area contributed by atoms with Crippen molar-refractivity contribution >= 4 is 28.2 Å². The summed E-state index contributed by atoms with van der Waals surface area (Å²) in [4.78, 5) is 14.4. The Hall–Kier alpha value is -3.48. The van der Waals surface area contributed by atoms with Crippen LogP contribution in [-0.4, -0.2) is 36.8 Å². The highest BCUT2D eigenvalue weighted by atomic mass is 16.5. The van der Waals surface area contributed by atoms with E-state index in [0.717, 1.165) is 28.0 Å². The number of aliphatic carboxylic acids is 1. The third-order valence-electron chi connectivity index (χ3n) is 3.53. The minimum atomic E-state index is -0.894. The summed E-state index contributed by atoms with van der Waals surface area (Å²) in [5.74, 6) is 1.12. The van der Waals surface area contributed by atoms with Gasteiger partial charge < -0.3 is 25.6 Å². The largest absolute Gasteiger partial charge is 0.493 e. The molecule has 3 rings (SSSR count). The number of fused-ring (bicyclic) bond motifs is 1. The summed E-state index contributed by atoms with van der Waals surface area (Å²) in [6.07, 6.45) is 1.62. The Labute approximate surface area is 151 Å². The van der Waals surface area contributed by atoms with Crippen LogP contribution in [0.2, 0.25) is 0 Å². The lowest BCUT2D eigenvalue weighted by atomic mass is 10.1. The highest BCUT2D eigenvalue weighted by Gasteiger charge is 2.01. The number of carboxylic acids is 1. The van der Waals surface area contributed by atoms with Gasteiger partial charge in [-0.2, -0.15) is 0 Å². The number of hydrogen-bond acceptors (Lipinski definition) is 6. The highest BCUT2D eigenvalue weighted by molar-refractivity contribution is 5.93. The lowest BCUT2D eigenvalue weighted by Crippen LogP contribution is -2.12. The molecular formula is C19H21N3O4. The summed E-state index contributed by atoms with van der Waals surface area (Å²) in [6.45, 7) is -0.105. The van der Waals surface area contributed by atoms with Crippen molar-refractivity contribution in [1.29, 1.82) is 0 Å². The number of anilines is 2. The molecule has 136 valence electrons. The maximum Gasteiger partial charge on any atom is 0.322 e. The van der Waals surface area contributed by atoms with Crippen molar-refractivity contribution in [3.63, 3.8) is 0 Å². The molecule has 2 aromatic carbocycles. The van der Waals surface area contributed by atoms with E-state index in [1.807, 2.05) is 42.5 Å². The molecule has 0 amide bonds. The molecule has 7 nitrogen and oxygen atoms in total. The first-order valence-corrected chi connectivity index (χ1v) is 7.82. The number of carbonyl (C=O) groups is 1. The van der Waals surface area contributed by atoms with Crippen molar-refractivity contribution in [1.82, 2.24) is 4.98 Å². The lowest BCUT2D eigenvalue weighted by Gasteiger charge is -2.06. The van der Waals surface area contributed by atoms with Gasteiger partial charge in [-0.3, -0.25) is 4.79 Å². The van der Waals surface area contributed by atoms with Gasteiger partial charge in [-0.15, -0.1) is 0 Å². The molecule has 0 unspecified atom stereocenters. The number of pyridine rings is 1. The fourth-order valence-electron chi connectivity index (χ4n) is 2.28. The number of methoxy groups -OCH3 is 2. The average molecular weight is 355 g/mol. The van der Waals surface area contributed by atoms with E-state index in [9.17, 15) is 4.79 Å². The molecule has 0 aliphatic heterocycles. The van der Waals surface area contributed by atoms with E-state index in [1.54, 1.807) is 26.5 Å². The third-order valence-corrected chi connectivity index (χ3v) is 3.53. The second-order valence-electron chi connectivity index (χ2n) is 5.23. The van der Waals surface area contributed by atoms with E-state index in [0.29, 0.717) is 5.82 Å². The number of rotatable bonds is 5. The van der Waals surface area contributed by atoms with Crippen LogP contribution in [0.3, 0.4) is 0 Å². The smallest absolute Gasteiger partial charge is 0.322 e. The molecule has 0 spiro atoms. The fraction of sp³-hybridized carbons (Fsp3) is 0.158. The number of hydrogen-bond donors (Lipinski definition) is 3. The van der Waals surface area contributed by atoms with Crippen LogP contribution in [-0.2, 0) is 4.79 Å². The van der Waals surface area contributed by atoms with E-state index < -0.39 is 5.97 Å². The first kappa shape index (κ1) is 18.9. The van der Waals surface area contributed by atoms with Crippen molar-refractivity contribution in [2.45, 2.75) is 0 Å². The fourth-order valence-corrected chi connectivity index (χ4v) is 2.28. The van der Waals surface area contributed by atoms with Crippen LogP contribution in [0, 0.1) is 0 Å². The zero-order valence-electron chi connectivity index (χ0n) is 14.6. The van der Waals surface area contributed by atoms with Gasteiger partial charge in [0.25, 0.3) is 0 Å². The number of aromatic nitrogens is 1. The van der Waals surface area contributed by atoms with Crippen molar-refractivity contribution in [2.75, 3.05) is 31.8 Å². The molecule has 7 heteroatoms. The summed E-state index contributed by atoms with van der Waals surface area (Å²) >= 11 is 0. The molecular weight excluding hydrogens is 334 g/mol. The molecule has 0 radical (unpaired) electrons. The van der Waals surface area contributed by atoms with Crippen molar-refractivity contribution in [3.05, 3.63) is 54.7 Å². The quantitative estimate of drug-likeness (QED) is 0.646. The van der Waals surface area contributed by atoms with Gasteiger partial charge in [0.15, 0.2) is 11.5 Å². The maximum atomic E-state index is 10.4. The van der Waals surface area contributed by atoms with Crippen molar-refractivity contribution in [3.8, 4) is 11.5 Å². The SMILES string of the molecule is COc1ccccc1OC.Nc1nccc2cc(NCC(=O)O)ccc12.